The molecule has 2 fully saturated rings. The van der Waals surface area contributed by atoms with Gasteiger partial charge in [0, 0.05) is 18.7 Å². The van der Waals surface area contributed by atoms with E-state index in [1.807, 2.05) is 0 Å². The first-order chi connectivity index (χ1) is 8.22. The quantitative estimate of drug-likeness (QED) is 0.794. The summed E-state index contributed by atoms with van der Waals surface area (Å²) < 4.78 is 5.65. The summed E-state index contributed by atoms with van der Waals surface area (Å²) in [7, 11) is 4.37. The fourth-order valence-electron chi connectivity index (χ4n) is 3.60. The number of nitrogens with one attached hydrogen (secondary N) is 1. The molecule has 3 heteroatoms. The fraction of sp³-hybridized carbons (Fsp3) is 1.00. The lowest BCUT2D eigenvalue weighted by atomic mass is 9.98. The number of nitrogens with zero attached hydrogens (tertiary/aromatic N) is 1. The molecule has 0 aromatic rings. The Balaban J connectivity index is 1.73. The lowest BCUT2D eigenvalue weighted by molar-refractivity contribution is 0.0814. The van der Waals surface area contributed by atoms with Crippen LogP contribution in [-0.2, 0) is 4.74 Å². The molecule has 0 aromatic heterocycles. The minimum Gasteiger partial charge on any atom is -0.377 e. The zero-order chi connectivity index (χ0) is 12.3. The summed E-state index contributed by atoms with van der Waals surface area (Å²) >= 11 is 0. The smallest absolute Gasteiger partial charge is 0.0702 e. The van der Waals surface area contributed by atoms with Gasteiger partial charge >= 0.3 is 0 Å². The molecule has 1 saturated heterocycles. The van der Waals surface area contributed by atoms with Crippen LogP contribution in [0, 0.1) is 5.92 Å². The van der Waals surface area contributed by atoms with E-state index in [1.54, 1.807) is 0 Å². The van der Waals surface area contributed by atoms with Gasteiger partial charge in [-0.1, -0.05) is 6.42 Å². The van der Waals surface area contributed by atoms with Crippen LogP contribution in [-0.4, -0.2) is 50.3 Å². The first-order valence-corrected chi connectivity index (χ1v) is 7.21. The summed E-state index contributed by atoms with van der Waals surface area (Å²) in [5.41, 5.74) is 0. The van der Waals surface area contributed by atoms with Crippen LogP contribution in [0.1, 0.15) is 39.0 Å². The van der Waals surface area contributed by atoms with Crippen LogP contribution in [0.4, 0.5) is 0 Å². The molecular weight excluding hydrogens is 212 g/mol. The van der Waals surface area contributed by atoms with Crippen molar-refractivity contribution >= 4 is 0 Å². The van der Waals surface area contributed by atoms with Crippen LogP contribution in [0.15, 0.2) is 0 Å². The van der Waals surface area contributed by atoms with Crippen molar-refractivity contribution in [3.05, 3.63) is 0 Å². The molecule has 1 saturated carbocycles. The Bertz CT molecular complexity index is 234. The summed E-state index contributed by atoms with van der Waals surface area (Å²) in [6.45, 7) is 4.38. The van der Waals surface area contributed by atoms with Gasteiger partial charge < -0.3 is 15.0 Å². The normalized spacial score (nSPS) is 38.1. The number of ether oxygens (including phenoxy) is 1. The predicted octanol–water partition coefficient (Wildman–Crippen LogP) is 1.87. The summed E-state index contributed by atoms with van der Waals surface area (Å²) in [6, 6.07) is 1.41. The standard InChI is InChI=1S/C14H28N2O/c1-11-14(8-10-17-11)16(3)9-7-12-5-4-6-13(12)15-2/h11-15H,4-10H2,1-3H3. The SMILES string of the molecule is CNC1CCCC1CCN(C)C1CCOC1C. The second-order valence-corrected chi connectivity index (χ2v) is 5.79. The van der Waals surface area contributed by atoms with Gasteiger partial charge in [-0.05, 0) is 59.2 Å². The zero-order valence-corrected chi connectivity index (χ0v) is 11.6. The summed E-state index contributed by atoms with van der Waals surface area (Å²) in [5.74, 6) is 0.889. The molecule has 3 nitrogen and oxygen atoms in total. The van der Waals surface area contributed by atoms with E-state index in [0.29, 0.717) is 12.1 Å². The Kier molecular flexibility index (Phi) is 4.83. The molecule has 1 aliphatic heterocycles. The van der Waals surface area contributed by atoms with Gasteiger partial charge in [0.2, 0.25) is 0 Å². The lowest BCUT2D eigenvalue weighted by Gasteiger charge is -2.28. The van der Waals surface area contributed by atoms with Crippen molar-refractivity contribution in [1.29, 1.82) is 0 Å². The van der Waals surface area contributed by atoms with Crippen molar-refractivity contribution in [2.24, 2.45) is 5.92 Å². The van der Waals surface area contributed by atoms with E-state index < -0.39 is 0 Å². The van der Waals surface area contributed by atoms with Crippen LogP contribution in [0.3, 0.4) is 0 Å². The van der Waals surface area contributed by atoms with Crippen molar-refractivity contribution in [2.75, 3.05) is 27.2 Å². The third-order valence-corrected chi connectivity index (χ3v) is 4.78. The Morgan fingerprint density at radius 1 is 1.29 bits per heavy atom. The van der Waals surface area contributed by atoms with Crippen molar-refractivity contribution < 1.29 is 4.74 Å². The van der Waals surface area contributed by atoms with Gasteiger partial charge in [-0.25, -0.2) is 0 Å². The van der Waals surface area contributed by atoms with Crippen LogP contribution in [0.5, 0.6) is 0 Å². The first kappa shape index (κ1) is 13.3. The minimum atomic E-state index is 0.420. The van der Waals surface area contributed by atoms with Crippen LogP contribution < -0.4 is 5.32 Å². The maximum absolute atomic E-state index is 5.65. The van der Waals surface area contributed by atoms with Gasteiger partial charge in [-0.2, -0.15) is 0 Å². The molecule has 2 aliphatic rings. The molecule has 4 unspecified atom stereocenters. The molecule has 1 heterocycles. The molecule has 4 atom stereocenters. The molecule has 0 spiro atoms. The maximum atomic E-state index is 5.65. The molecule has 0 radical (unpaired) electrons. The van der Waals surface area contributed by atoms with Crippen molar-refractivity contribution in [2.45, 2.75) is 57.2 Å². The van der Waals surface area contributed by atoms with E-state index in [-0.39, 0.29) is 0 Å². The molecule has 0 amide bonds. The third-order valence-electron chi connectivity index (χ3n) is 4.78. The Labute approximate surface area is 106 Å². The highest BCUT2D eigenvalue weighted by atomic mass is 16.5. The van der Waals surface area contributed by atoms with Gasteiger partial charge in [0.1, 0.15) is 0 Å². The maximum Gasteiger partial charge on any atom is 0.0702 e. The van der Waals surface area contributed by atoms with Crippen molar-refractivity contribution in [1.82, 2.24) is 10.2 Å². The summed E-state index contributed by atoms with van der Waals surface area (Å²) in [4.78, 5) is 2.52. The molecule has 0 aromatic carbocycles. The Morgan fingerprint density at radius 3 is 2.76 bits per heavy atom. The minimum absolute atomic E-state index is 0.420. The Morgan fingerprint density at radius 2 is 2.12 bits per heavy atom. The molecule has 2 rings (SSSR count). The van der Waals surface area contributed by atoms with Gasteiger partial charge in [-0.3, -0.25) is 0 Å². The topological polar surface area (TPSA) is 24.5 Å². The predicted molar refractivity (Wildman–Crippen MR) is 71.3 cm³/mol. The Hall–Kier alpha value is -0.120. The first-order valence-electron chi connectivity index (χ1n) is 7.21. The van der Waals surface area contributed by atoms with E-state index in [1.165, 1.54) is 38.6 Å². The van der Waals surface area contributed by atoms with E-state index in [9.17, 15) is 0 Å². The van der Waals surface area contributed by atoms with E-state index in [4.69, 9.17) is 4.74 Å². The highest BCUT2D eigenvalue weighted by molar-refractivity contribution is 4.85. The van der Waals surface area contributed by atoms with Crippen LogP contribution in [0.2, 0.25) is 0 Å². The van der Waals surface area contributed by atoms with Crippen molar-refractivity contribution in [3.63, 3.8) is 0 Å². The third kappa shape index (κ3) is 3.21. The fourth-order valence-corrected chi connectivity index (χ4v) is 3.60. The van der Waals surface area contributed by atoms with Gasteiger partial charge in [0.15, 0.2) is 0 Å². The molecule has 17 heavy (non-hydrogen) atoms. The highest BCUT2D eigenvalue weighted by Crippen LogP contribution is 2.29. The largest absolute Gasteiger partial charge is 0.377 e. The van der Waals surface area contributed by atoms with E-state index in [2.05, 4.69) is 31.2 Å². The van der Waals surface area contributed by atoms with Crippen molar-refractivity contribution in [3.8, 4) is 0 Å². The van der Waals surface area contributed by atoms with Crippen LogP contribution in [0.25, 0.3) is 0 Å². The van der Waals surface area contributed by atoms with E-state index >= 15 is 0 Å². The molecule has 0 bridgehead atoms. The number of likely N-dealkylation sites (N-methyl/N-ethyl adjacent to an activating group) is 1. The lowest BCUT2D eigenvalue weighted by Crippen LogP contribution is -2.39. The zero-order valence-electron chi connectivity index (χ0n) is 11.6. The van der Waals surface area contributed by atoms with Gasteiger partial charge in [-0.15, -0.1) is 0 Å². The summed E-state index contributed by atoms with van der Waals surface area (Å²) in [5, 5.41) is 3.47. The van der Waals surface area contributed by atoms with E-state index in [0.717, 1.165) is 18.6 Å². The van der Waals surface area contributed by atoms with Gasteiger partial charge in [0.25, 0.3) is 0 Å². The molecular formula is C14H28N2O. The van der Waals surface area contributed by atoms with Gasteiger partial charge in [0.05, 0.1) is 6.10 Å². The highest BCUT2D eigenvalue weighted by Gasteiger charge is 2.30. The number of hydrogen-bond acceptors (Lipinski definition) is 3. The monoisotopic (exact) mass is 240 g/mol. The van der Waals surface area contributed by atoms with Crippen LogP contribution >= 0.6 is 0 Å². The second kappa shape index (κ2) is 6.17. The molecule has 1 N–H and O–H groups in total. The average molecular weight is 240 g/mol. The summed E-state index contributed by atoms with van der Waals surface area (Å²) in [6.07, 6.45) is 7.15. The molecule has 1 aliphatic carbocycles. The average Bonchev–Trinajstić information content (AvgIpc) is 2.94. The number of rotatable bonds is 5. The number of hydrogen-bond donors (Lipinski definition) is 1. The second-order valence-electron chi connectivity index (χ2n) is 5.79. The molecule has 100 valence electrons.